The lowest BCUT2D eigenvalue weighted by atomic mass is 9.70. The van der Waals surface area contributed by atoms with Crippen LogP contribution in [0.5, 0.6) is 5.75 Å². The van der Waals surface area contributed by atoms with E-state index in [-0.39, 0.29) is 29.6 Å². The van der Waals surface area contributed by atoms with Gasteiger partial charge in [-0.2, -0.15) is 0 Å². The Morgan fingerprint density at radius 1 is 1.05 bits per heavy atom. The Morgan fingerprint density at radius 2 is 1.77 bits per heavy atom. The molecule has 3 saturated heterocycles. The van der Waals surface area contributed by atoms with Gasteiger partial charge in [0.05, 0.1) is 23.2 Å². The average molecular weight is 626 g/mol. The van der Waals surface area contributed by atoms with Crippen LogP contribution in [0.25, 0.3) is 0 Å². The number of carbonyl (C=O) groups is 3. The molecule has 3 aliphatic rings. The molecule has 3 fully saturated rings. The van der Waals surface area contributed by atoms with Gasteiger partial charge >= 0.3 is 0 Å². The summed E-state index contributed by atoms with van der Waals surface area (Å²) < 4.78 is 4.99. The molecule has 9 heteroatoms. The smallest absolute Gasteiger partial charge is 0.247 e. The van der Waals surface area contributed by atoms with E-state index in [0.29, 0.717) is 32.8 Å². The van der Waals surface area contributed by atoms with Crippen LogP contribution < -0.4 is 9.64 Å². The van der Waals surface area contributed by atoms with Crippen molar-refractivity contribution in [3.05, 3.63) is 49.6 Å². The third-order valence-corrected chi connectivity index (χ3v) is 11.3. The number of amides is 3. The summed E-state index contributed by atoms with van der Waals surface area (Å²) in [7, 11) is 0. The number of rotatable bonds is 19. The summed E-state index contributed by atoms with van der Waals surface area (Å²) in [5.41, 5.74) is 0.743. The van der Waals surface area contributed by atoms with Crippen LogP contribution in [0, 0.1) is 11.8 Å². The fourth-order valence-corrected chi connectivity index (χ4v) is 9.60. The number of nitrogens with zero attached hydrogens (tertiary/aromatic N) is 3. The third kappa shape index (κ3) is 6.89. The normalized spacial score (nSPS) is 25.2. The van der Waals surface area contributed by atoms with Crippen LogP contribution in [0.4, 0.5) is 5.69 Å². The lowest BCUT2D eigenvalue weighted by Crippen LogP contribution is -2.55. The van der Waals surface area contributed by atoms with Crippen molar-refractivity contribution in [2.75, 3.05) is 44.3 Å². The van der Waals surface area contributed by atoms with Gasteiger partial charge in [0, 0.05) is 43.7 Å². The molecule has 3 heterocycles. The van der Waals surface area contributed by atoms with Crippen LogP contribution in [-0.2, 0) is 14.4 Å². The zero-order valence-electron chi connectivity index (χ0n) is 26.6. The summed E-state index contributed by atoms with van der Waals surface area (Å²) in [4.78, 5) is 48.9. The fourth-order valence-electron chi connectivity index (χ4n) is 7.40. The van der Waals surface area contributed by atoms with Crippen molar-refractivity contribution in [1.29, 1.82) is 0 Å². The summed E-state index contributed by atoms with van der Waals surface area (Å²) in [6.07, 6.45) is 11.3. The number of fused-ring (bicyclic) bond motifs is 1. The van der Waals surface area contributed by atoms with Gasteiger partial charge in [0.25, 0.3) is 0 Å². The van der Waals surface area contributed by atoms with Gasteiger partial charge in [-0.15, -0.1) is 24.9 Å². The van der Waals surface area contributed by atoms with Gasteiger partial charge in [0.1, 0.15) is 11.8 Å². The van der Waals surface area contributed by atoms with E-state index in [1.165, 1.54) is 0 Å². The lowest BCUT2D eigenvalue weighted by molar-refractivity contribution is -0.142. The first-order chi connectivity index (χ1) is 21.4. The second kappa shape index (κ2) is 16.0. The molecule has 1 N–H and O–H groups in total. The predicted molar refractivity (Wildman–Crippen MR) is 178 cm³/mol. The first-order valence-electron chi connectivity index (χ1n) is 16.5. The second-order valence-electron chi connectivity index (χ2n) is 12.2. The Balaban J connectivity index is 1.66. The van der Waals surface area contributed by atoms with E-state index in [9.17, 15) is 19.5 Å². The molecule has 2 unspecified atom stereocenters. The molecule has 44 heavy (non-hydrogen) atoms. The largest absolute Gasteiger partial charge is 0.494 e. The minimum atomic E-state index is -0.618. The SMILES string of the molecule is C=CCN(CCCCC)C(=O)C1N(CCCCCCO)C(=O)[C@@H]2[C@H](C(=O)N(CC=C)c3ccc(OCC)cc3)[C@@H]3CCC12S3. The highest BCUT2D eigenvalue weighted by Gasteiger charge is 2.74. The van der Waals surface area contributed by atoms with Crippen LogP contribution in [0.3, 0.4) is 0 Å². The quantitative estimate of drug-likeness (QED) is 0.162. The number of aliphatic hydroxyl groups excluding tert-OH is 1. The van der Waals surface area contributed by atoms with E-state index in [0.717, 1.165) is 69.2 Å². The van der Waals surface area contributed by atoms with Gasteiger partial charge in [0.2, 0.25) is 17.7 Å². The van der Waals surface area contributed by atoms with Crippen molar-refractivity contribution in [3.63, 3.8) is 0 Å². The average Bonchev–Trinajstić information content (AvgIpc) is 3.67. The summed E-state index contributed by atoms with van der Waals surface area (Å²) in [5.74, 6) is -0.453. The van der Waals surface area contributed by atoms with Crippen molar-refractivity contribution in [1.82, 2.24) is 9.80 Å². The number of likely N-dealkylation sites (tertiary alicyclic amines) is 1. The summed E-state index contributed by atoms with van der Waals surface area (Å²) >= 11 is 1.72. The second-order valence-corrected chi connectivity index (χ2v) is 13.8. The first-order valence-corrected chi connectivity index (χ1v) is 17.4. The zero-order chi connectivity index (χ0) is 31.7. The number of aliphatic hydroxyl groups is 1. The number of thioether (sulfide) groups is 1. The van der Waals surface area contributed by atoms with Gasteiger partial charge in [-0.3, -0.25) is 14.4 Å². The topological polar surface area (TPSA) is 90.4 Å². The molecule has 1 aromatic carbocycles. The molecule has 0 aliphatic carbocycles. The molecule has 3 aliphatic heterocycles. The van der Waals surface area contributed by atoms with Gasteiger partial charge < -0.3 is 24.5 Å². The lowest BCUT2D eigenvalue weighted by Gasteiger charge is -2.37. The highest BCUT2D eigenvalue weighted by molar-refractivity contribution is 8.02. The van der Waals surface area contributed by atoms with Crippen molar-refractivity contribution < 1.29 is 24.2 Å². The number of hydrogen-bond donors (Lipinski definition) is 1. The maximum absolute atomic E-state index is 14.5. The van der Waals surface area contributed by atoms with E-state index in [4.69, 9.17) is 4.74 Å². The summed E-state index contributed by atoms with van der Waals surface area (Å²) in [6.45, 7) is 14.5. The monoisotopic (exact) mass is 625 g/mol. The number of benzene rings is 1. The molecular formula is C35H51N3O5S. The molecule has 1 aromatic rings. The Kier molecular flexibility index (Phi) is 12.4. The number of unbranched alkanes of at least 4 members (excludes halogenated alkanes) is 5. The van der Waals surface area contributed by atoms with Crippen molar-refractivity contribution in [3.8, 4) is 5.75 Å². The number of ether oxygens (including phenoxy) is 1. The maximum atomic E-state index is 14.5. The van der Waals surface area contributed by atoms with E-state index in [2.05, 4.69) is 20.1 Å². The highest BCUT2D eigenvalue weighted by Crippen LogP contribution is 2.66. The minimum Gasteiger partial charge on any atom is -0.494 e. The van der Waals surface area contributed by atoms with Crippen LogP contribution in [0.2, 0.25) is 0 Å². The number of carbonyl (C=O) groups excluding carboxylic acids is 3. The molecule has 8 nitrogen and oxygen atoms in total. The summed E-state index contributed by atoms with van der Waals surface area (Å²) in [5, 5.41) is 9.21. The molecule has 0 saturated carbocycles. The molecule has 242 valence electrons. The van der Waals surface area contributed by atoms with Crippen LogP contribution in [-0.4, -0.2) is 88.1 Å². The van der Waals surface area contributed by atoms with E-state index in [1.54, 1.807) is 28.8 Å². The van der Waals surface area contributed by atoms with E-state index in [1.807, 2.05) is 41.0 Å². The fraction of sp³-hybridized carbons (Fsp3) is 0.629. The van der Waals surface area contributed by atoms with E-state index < -0.39 is 22.6 Å². The Hall–Kier alpha value is -2.78. The van der Waals surface area contributed by atoms with Crippen LogP contribution in [0.15, 0.2) is 49.6 Å². The van der Waals surface area contributed by atoms with Gasteiger partial charge in [-0.05, 0) is 63.3 Å². The molecule has 5 atom stereocenters. The van der Waals surface area contributed by atoms with Gasteiger partial charge in [-0.1, -0.05) is 44.8 Å². The van der Waals surface area contributed by atoms with Crippen molar-refractivity contribution in [2.45, 2.75) is 87.7 Å². The Labute approximate surface area is 267 Å². The van der Waals surface area contributed by atoms with Crippen molar-refractivity contribution in [2.24, 2.45) is 11.8 Å². The van der Waals surface area contributed by atoms with Crippen LogP contribution in [0.1, 0.15) is 71.6 Å². The van der Waals surface area contributed by atoms with E-state index >= 15 is 0 Å². The summed E-state index contributed by atoms with van der Waals surface area (Å²) in [6, 6.07) is 6.89. The first kappa shape index (κ1) is 34.1. The molecule has 4 rings (SSSR count). The molecule has 0 radical (unpaired) electrons. The Bertz CT molecular complexity index is 1160. The Morgan fingerprint density at radius 3 is 2.43 bits per heavy atom. The van der Waals surface area contributed by atoms with Gasteiger partial charge in [-0.25, -0.2) is 0 Å². The third-order valence-electron chi connectivity index (χ3n) is 9.36. The molecule has 3 amide bonds. The highest BCUT2D eigenvalue weighted by atomic mass is 32.2. The number of hydrogen-bond acceptors (Lipinski definition) is 6. The number of anilines is 1. The van der Waals surface area contributed by atoms with Crippen LogP contribution >= 0.6 is 11.8 Å². The van der Waals surface area contributed by atoms with Gasteiger partial charge in [0.15, 0.2) is 0 Å². The minimum absolute atomic E-state index is 0.0112. The molecule has 0 aromatic heterocycles. The standard InChI is InChI=1S/C35H51N3O5S/c1-5-9-12-23-36(21-6-2)34(42)31-35-20-19-28(44-35)29(30(35)33(41)38(31)24-13-10-11-14-25-39)32(40)37(22-7-3)26-15-17-27(18-16-26)43-8-4/h6-7,15-18,28-31,39H,2-3,5,8-14,19-25H2,1,4H3/t28-,29+,30-,31?,35?/m0/s1. The predicted octanol–water partition coefficient (Wildman–Crippen LogP) is 5.45. The molecule has 2 bridgehead atoms. The zero-order valence-corrected chi connectivity index (χ0v) is 27.4. The molecular weight excluding hydrogens is 574 g/mol. The maximum Gasteiger partial charge on any atom is 0.247 e. The molecule has 1 spiro atoms. The van der Waals surface area contributed by atoms with Crippen molar-refractivity contribution >= 4 is 35.2 Å².